The van der Waals surface area contributed by atoms with Crippen molar-refractivity contribution in [3.8, 4) is 0 Å². The molecule has 1 amide bonds. The van der Waals surface area contributed by atoms with Crippen LogP contribution in [-0.2, 0) is 38.1 Å². The van der Waals surface area contributed by atoms with Gasteiger partial charge in [-0.3, -0.25) is 19.2 Å². The van der Waals surface area contributed by atoms with Crippen molar-refractivity contribution in [1.82, 2.24) is 5.32 Å². The number of rotatable bonds is 7. The summed E-state index contributed by atoms with van der Waals surface area (Å²) >= 11 is 0. The van der Waals surface area contributed by atoms with Gasteiger partial charge in [-0.15, -0.1) is 6.58 Å². The normalized spacial score (nSPS) is 27.8. The van der Waals surface area contributed by atoms with E-state index in [4.69, 9.17) is 18.9 Å². The minimum absolute atomic E-state index is 0.203. The van der Waals surface area contributed by atoms with Gasteiger partial charge in [0.25, 0.3) is 0 Å². The van der Waals surface area contributed by atoms with Crippen molar-refractivity contribution in [3.63, 3.8) is 0 Å². The first-order valence-electron chi connectivity index (χ1n) is 8.17. The third kappa shape index (κ3) is 6.47. The number of carbonyl (C=O) groups is 4. The van der Waals surface area contributed by atoms with E-state index in [-0.39, 0.29) is 12.5 Å². The summed E-state index contributed by atoms with van der Waals surface area (Å²) in [7, 11) is 0. The van der Waals surface area contributed by atoms with Crippen molar-refractivity contribution in [2.24, 2.45) is 0 Å². The van der Waals surface area contributed by atoms with Crippen LogP contribution in [0.2, 0.25) is 0 Å². The summed E-state index contributed by atoms with van der Waals surface area (Å²) in [6.45, 7) is 8.38. The molecular weight excluding hydrogens is 346 g/mol. The fourth-order valence-corrected chi connectivity index (χ4v) is 2.79. The molecule has 0 aromatic heterocycles. The molecule has 0 spiro atoms. The fourth-order valence-electron chi connectivity index (χ4n) is 2.79. The van der Waals surface area contributed by atoms with Crippen molar-refractivity contribution in [3.05, 3.63) is 12.7 Å². The van der Waals surface area contributed by atoms with Crippen LogP contribution in [0.1, 0.15) is 34.1 Å². The van der Waals surface area contributed by atoms with Gasteiger partial charge in [0.2, 0.25) is 5.91 Å². The molecule has 0 aromatic rings. The third-order valence-electron chi connectivity index (χ3n) is 3.62. The highest BCUT2D eigenvalue weighted by Gasteiger charge is 2.50. The molecule has 1 heterocycles. The molecule has 1 fully saturated rings. The van der Waals surface area contributed by atoms with Crippen LogP contribution in [-0.4, -0.2) is 60.9 Å². The lowest BCUT2D eigenvalue weighted by Gasteiger charge is -2.45. The topological polar surface area (TPSA) is 117 Å². The van der Waals surface area contributed by atoms with Crippen LogP contribution in [0.3, 0.4) is 0 Å². The molecule has 9 nitrogen and oxygen atoms in total. The maximum absolute atomic E-state index is 11.6. The molecule has 1 aliphatic rings. The Hall–Kier alpha value is -2.42. The van der Waals surface area contributed by atoms with Gasteiger partial charge in [0.1, 0.15) is 12.7 Å². The molecule has 5 atom stereocenters. The summed E-state index contributed by atoms with van der Waals surface area (Å²) in [4.78, 5) is 45.9. The Morgan fingerprint density at radius 1 is 0.962 bits per heavy atom. The zero-order valence-corrected chi connectivity index (χ0v) is 15.4. The zero-order valence-electron chi connectivity index (χ0n) is 15.4. The average molecular weight is 371 g/mol. The Morgan fingerprint density at radius 3 is 2.00 bits per heavy atom. The molecule has 146 valence electrons. The van der Waals surface area contributed by atoms with E-state index in [1.807, 2.05) is 0 Å². The summed E-state index contributed by atoms with van der Waals surface area (Å²) in [6, 6.07) is -0.771. The Kier molecular flexibility index (Phi) is 8.24. The molecule has 1 rings (SSSR count). The molecule has 0 radical (unpaired) electrons. The number of carbonyl (C=O) groups excluding carboxylic acids is 4. The molecule has 26 heavy (non-hydrogen) atoms. The lowest BCUT2D eigenvalue weighted by Crippen LogP contribution is -2.66. The Bertz CT molecular complexity index is 561. The molecule has 9 heteroatoms. The summed E-state index contributed by atoms with van der Waals surface area (Å²) in [5, 5.41) is 2.67. The van der Waals surface area contributed by atoms with Crippen molar-refractivity contribution in [2.45, 2.75) is 64.6 Å². The minimum atomic E-state index is -1.06. The molecule has 0 aliphatic carbocycles. The van der Waals surface area contributed by atoms with Crippen molar-refractivity contribution in [2.75, 3.05) is 6.61 Å². The van der Waals surface area contributed by atoms with Gasteiger partial charge in [-0.1, -0.05) is 6.08 Å². The highest BCUT2D eigenvalue weighted by Crippen LogP contribution is 2.28. The van der Waals surface area contributed by atoms with Crippen molar-refractivity contribution >= 4 is 23.8 Å². The van der Waals surface area contributed by atoms with Gasteiger partial charge in [0, 0.05) is 27.7 Å². The summed E-state index contributed by atoms with van der Waals surface area (Å²) < 4.78 is 21.5. The fraction of sp³-hybridized carbons (Fsp3) is 0.647. The molecule has 1 saturated heterocycles. The summed E-state index contributed by atoms with van der Waals surface area (Å²) in [5.74, 6) is -2.16. The smallest absolute Gasteiger partial charge is 0.303 e. The van der Waals surface area contributed by atoms with Crippen LogP contribution in [0.5, 0.6) is 0 Å². The largest absolute Gasteiger partial charge is 0.463 e. The number of ether oxygens (including phenoxy) is 4. The summed E-state index contributed by atoms with van der Waals surface area (Å²) in [6.07, 6.45) is -1.66. The number of hydrogen-bond acceptors (Lipinski definition) is 8. The number of hydrogen-bond donors (Lipinski definition) is 1. The van der Waals surface area contributed by atoms with E-state index in [0.29, 0.717) is 6.42 Å². The minimum Gasteiger partial charge on any atom is -0.463 e. The Labute approximate surface area is 152 Å². The Balaban J connectivity index is 3.24. The van der Waals surface area contributed by atoms with Gasteiger partial charge in [0.05, 0.1) is 12.1 Å². The van der Waals surface area contributed by atoms with Crippen molar-refractivity contribution in [1.29, 1.82) is 0 Å². The first-order valence-corrected chi connectivity index (χ1v) is 8.17. The van der Waals surface area contributed by atoms with Crippen LogP contribution in [0.25, 0.3) is 0 Å². The van der Waals surface area contributed by atoms with Gasteiger partial charge >= 0.3 is 17.9 Å². The molecule has 0 bridgehead atoms. The predicted molar refractivity (Wildman–Crippen MR) is 88.8 cm³/mol. The first-order chi connectivity index (χ1) is 12.1. The van der Waals surface area contributed by atoms with Gasteiger partial charge in [-0.25, -0.2) is 0 Å². The molecule has 0 saturated carbocycles. The second-order valence-electron chi connectivity index (χ2n) is 5.91. The van der Waals surface area contributed by atoms with Gasteiger partial charge in [0.15, 0.2) is 12.2 Å². The maximum atomic E-state index is 11.6. The predicted octanol–water partition coefficient (Wildman–Crippen LogP) is 0.261. The van der Waals surface area contributed by atoms with Gasteiger partial charge in [-0.05, 0) is 6.42 Å². The van der Waals surface area contributed by atoms with Crippen LogP contribution < -0.4 is 5.32 Å². The second-order valence-corrected chi connectivity index (χ2v) is 5.91. The molecule has 1 N–H and O–H groups in total. The highest BCUT2D eigenvalue weighted by atomic mass is 16.6. The molecular formula is C17H25NO8. The van der Waals surface area contributed by atoms with E-state index >= 15 is 0 Å². The van der Waals surface area contributed by atoms with Crippen LogP contribution >= 0.6 is 0 Å². The lowest BCUT2D eigenvalue weighted by molar-refractivity contribution is -0.223. The van der Waals surface area contributed by atoms with Crippen LogP contribution in [0.15, 0.2) is 12.7 Å². The van der Waals surface area contributed by atoms with E-state index in [9.17, 15) is 19.2 Å². The first kappa shape index (κ1) is 21.6. The van der Waals surface area contributed by atoms with Crippen molar-refractivity contribution < 1.29 is 38.1 Å². The van der Waals surface area contributed by atoms with E-state index < -0.39 is 48.4 Å². The van der Waals surface area contributed by atoms with Crippen LogP contribution in [0, 0.1) is 0 Å². The third-order valence-corrected chi connectivity index (χ3v) is 3.62. The molecule has 0 aromatic carbocycles. The highest BCUT2D eigenvalue weighted by molar-refractivity contribution is 5.73. The van der Waals surface area contributed by atoms with E-state index in [1.54, 1.807) is 6.08 Å². The average Bonchev–Trinajstić information content (AvgIpc) is 2.50. The monoisotopic (exact) mass is 371 g/mol. The number of esters is 3. The second kappa shape index (κ2) is 9.91. The maximum Gasteiger partial charge on any atom is 0.303 e. The molecule has 1 aliphatic heterocycles. The molecule has 2 unspecified atom stereocenters. The SMILES string of the molecule is C=CC[C@H]1OC(COC(C)=O)[C@@H](OC(C)=O)[C@H](OC(C)=O)C1NC(C)=O. The van der Waals surface area contributed by atoms with E-state index in [0.717, 1.165) is 0 Å². The van der Waals surface area contributed by atoms with Gasteiger partial charge in [-0.2, -0.15) is 0 Å². The van der Waals surface area contributed by atoms with Gasteiger partial charge < -0.3 is 24.3 Å². The van der Waals surface area contributed by atoms with Crippen LogP contribution in [0.4, 0.5) is 0 Å². The standard InChI is InChI=1S/C17H25NO8/c1-6-7-13-15(18-9(2)19)17(25-12(5)22)16(24-11(4)21)14(26-13)8-23-10(3)20/h6,13-17H,1,7-8H2,2-5H3,(H,18,19)/t13-,14?,15?,16-,17-/m1/s1. The van der Waals surface area contributed by atoms with E-state index in [2.05, 4.69) is 11.9 Å². The lowest BCUT2D eigenvalue weighted by atomic mass is 9.90. The Morgan fingerprint density at radius 2 is 1.54 bits per heavy atom. The number of nitrogens with one attached hydrogen (secondary N) is 1. The number of amides is 1. The summed E-state index contributed by atoms with van der Waals surface area (Å²) in [5.41, 5.74) is 0. The zero-order chi connectivity index (χ0) is 19.9. The quantitative estimate of drug-likeness (QED) is 0.385. The van der Waals surface area contributed by atoms with E-state index in [1.165, 1.54) is 27.7 Å².